The number of amides is 1. The maximum Gasteiger partial charge on any atom is 0.272 e. The molecule has 2 rings (SSSR count). The predicted octanol–water partition coefficient (Wildman–Crippen LogP) is 3.61. The van der Waals surface area contributed by atoms with Crippen LogP contribution in [0.5, 0.6) is 5.75 Å². The Morgan fingerprint density at radius 3 is 2.86 bits per heavy atom. The van der Waals surface area contributed by atoms with Gasteiger partial charge in [-0.2, -0.15) is 5.10 Å². The van der Waals surface area contributed by atoms with Gasteiger partial charge in [0.1, 0.15) is 5.75 Å². The number of carbonyl (C=O) groups excluding carboxylic acids is 1. The Kier molecular flexibility index (Phi) is 5.51. The van der Waals surface area contributed by atoms with Crippen LogP contribution in [-0.4, -0.2) is 18.7 Å². The molecule has 0 aliphatic heterocycles. The lowest BCUT2D eigenvalue weighted by atomic mass is 10.2. The monoisotopic (exact) mass is 346 g/mol. The molecule has 0 fully saturated rings. The second kappa shape index (κ2) is 7.59. The molecule has 4 nitrogen and oxygen atoms in total. The standard InChI is InChI=1S/C16H15BrN2O2/c1-2-21-13-7-5-6-12(10-13)11-18-19-16(20)14-8-3-4-9-15(14)17/h3-11H,2H2,1H3,(H,19,20)/b18-11+. The first-order valence-electron chi connectivity index (χ1n) is 6.51. The Bertz CT molecular complexity index is 656. The van der Waals surface area contributed by atoms with Crippen molar-refractivity contribution in [1.29, 1.82) is 0 Å². The van der Waals surface area contributed by atoms with Crippen molar-refractivity contribution in [1.82, 2.24) is 5.43 Å². The Morgan fingerprint density at radius 2 is 2.10 bits per heavy atom. The molecule has 0 spiro atoms. The lowest BCUT2D eigenvalue weighted by Gasteiger charge is -2.03. The molecule has 1 N–H and O–H groups in total. The molecule has 0 saturated carbocycles. The van der Waals surface area contributed by atoms with Crippen LogP contribution in [-0.2, 0) is 0 Å². The Labute approximate surface area is 132 Å². The van der Waals surface area contributed by atoms with Crippen molar-refractivity contribution < 1.29 is 9.53 Å². The van der Waals surface area contributed by atoms with Gasteiger partial charge in [0, 0.05) is 4.47 Å². The summed E-state index contributed by atoms with van der Waals surface area (Å²) in [7, 11) is 0. The van der Waals surface area contributed by atoms with E-state index in [1.54, 1.807) is 18.3 Å². The minimum atomic E-state index is -0.264. The van der Waals surface area contributed by atoms with E-state index in [2.05, 4.69) is 26.5 Å². The second-order valence-electron chi connectivity index (χ2n) is 4.18. The molecule has 5 heteroatoms. The summed E-state index contributed by atoms with van der Waals surface area (Å²) in [5.74, 6) is 0.512. The molecule has 0 heterocycles. The first-order chi connectivity index (χ1) is 10.2. The smallest absolute Gasteiger partial charge is 0.272 e. The third-order valence-electron chi connectivity index (χ3n) is 2.67. The van der Waals surface area contributed by atoms with E-state index in [0.717, 1.165) is 15.8 Å². The molecule has 2 aromatic rings. The summed E-state index contributed by atoms with van der Waals surface area (Å²) < 4.78 is 6.14. The summed E-state index contributed by atoms with van der Waals surface area (Å²) >= 11 is 3.33. The maximum absolute atomic E-state index is 11.9. The molecule has 0 aromatic heterocycles. The van der Waals surface area contributed by atoms with Crippen LogP contribution in [0.2, 0.25) is 0 Å². The van der Waals surface area contributed by atoms with Crippen molar-refractivity contribution in [3.8, 4) is 5.75 Å². The summed E-state index contributed by atoms with van der Waals surface area (Å²) in [5, 5.41) is 3.96. The number of hydrazone groups is 1. The van der Waals surface area contributed by atoms with E-state index in [1.807, 2.05) is 43.3 Å². The fraction of sp³-hybridized carbons (Fsp3) is 0.125. The molecule has 0 aliphatic rings. The van der Waals surface area contributed by atoms with Gasteiger partial charge in [-0.05, 0) is 52.7 Å². The Morgan fingerprint density at radius 1 is 1.29 bits per heavy atom. The number of carbonyl (C=O) groups is 1. The van der Waals surface area contributed by atoms with E-state index in [-0.39, 0.29) is 5.91 Å². The van der Waals surface area contributed by atoms with Gasteiger partial charge in [-0.1, -0.05) is 24.3 Å². The molecule has 21 heavy (non-hydrogen) atoms. The van der Waals surface area contributed by atoms with Gasteiger partial charge in [0.15, 0.2) is 0 Å². The highest BCUT2D eigenvalue weighted by Crippen LogP contribution is 2.15. The molecule has 108 valence electrons. The van der Waals surface area contributed by atoms with Crippen LogP contribution >= 0.6 is 15.9 Å². The Balaban J connectivity index is 2.01. The number of hydrogen-bond acceptors (Lipinski definition) is 3. The van der Waals surface area contributed by atoms with Gasteiger partial charge < -0.3 is 4.74 Å². The minimum Gasteiger partial charge on any atom is -0.494 e. The van der Waals surface area contributed by atoms with Gasteiger partial charge in [0.05, 0.1) is 18.4 Å². The van der Waals surface area contributed by atoms with E-state index in [9.17, 15) is 4.79 Å². The van der Waals surface area contributed by atoms with Crippen LogP contribution in [0.25, 0.3) is 0 Å². The van der Waals surface area contributed by atoms with E-state index >= 15 is 0 Å². The molecule has 1 amide bonds. The van der Waals surface area contributed by atoms with Crippen molar-refractivity contribution in [3.05, 3.63) is 64.1 Å². The van der Waals surface area contributed by atoms with Crippen LogP contribution in [0.15, 0.2) is 58.1 Å². The zero-order valence-electron chi connectivity index (χ0n) is 11.5. The molecular formula is C16H15BrN2O2. The van der Waals surface area contributed by atoms with E-state index in [1.165, 1.54) is 0 Å². The number of nitrogens with zero attached hydrogens (tertiary/aromatic N) is 1. The highest BCUT2D eigenvalue weighted by molar-refractivity contribution is 9.10. The number of rotatable bonds is 5. The average Bonchev–Trinajstić information content (AvgIpc) is 2.48. The molecule has 0 atom stereocenters. The molecular weight excluding hydrogens is 332 g/mol. The van der Waals surface area contributed by atoms with Gasteiger partial charge in [-0.25, -0.2) is 5.43 Å². The molecule has 0 aliphatic carbocycles. The molecule has 0 radical (unpaired) electrons. The van der Waals surface area contributed by atoms with E-state index in [4.69, 9.17) is 4.74 Å². The zero-order valence-corrected chi connectivity index (χ0v) is 13.1. The van der Waals surface area contributed by atoms with Gasteiger partial charge in [0.2, 0.25) is 0 Å². The predicted molar refractivity (Wildman–Crippen MR) is 86.8 cm³/mol. The Hall–Kier alpha value is -2.14. The molecule has 0 bridgehead atoms. The van der Waals surface area contributed by atoms with Gasteiger partial charge in [0.25, 0.3) is 5.91 Å². The molecule has 0 saturated heterocycles. The molecule has 2 aromatic carbocycles. The number of benzene rings is 2. The number of halogens is 1. The van der Waals surface area contributed by atoms with Crippen LogP contribution < -0.4 is 10.2 Å². The highest BCUT2D eigenvalue weighted by Gasteiger charge is 2.07. The van der Waals surface area contributed by atoms with Crippen molar-refractivity contribution in [2.45, 2.75) is 6.92 Å². The van der Waals surface area contributed by atoms with Crippen molar-refractivity contribution in [2.24, 2.45) is 5.10 Å². The third kappa shape index (κ3) is 4.43. The van der Waals surface area contributed by atoms with Crippen molar-refractivity contribution >= 4 is 28.1 Å². The summed E-state index contributed by atoms with van der Waals surface area (Å²) in [4.78, 5) is 11.9. The fourth-order valence-corrected chi connectivity index (χ4v) is 2.19. The third-order valence-corrected chi connectivity index (χ3v) is 3.36. The van der Waals surface area contributed by atoms with Crippen LogP contribution in [0.3, 0.4) is 0 Å². The summed E-state index contributed by atoms with van der Waals surface area (Å²) in [6.45, 7) is 2.54. The second-order valence-corrected chi connectivity index (χ2v) is 5.04. The van der Waals surface area contributed by atoms with E-state index < -0.39 is 0 Å². The largest absolute Gasteiger partial charge is 0.494 e. The quantitative estimate of drug-likeness (QED) is 0.664. The lowest BCUT2D eigenvalue weighted by molar-refractivity contribution is 0.0954. The normalized spacial score (nSPS) is 10.6. The number of hydrogen-bond donors (Lipinski definition) is 1. The SMILES string of the molecule is CCOc1cccc(/C=N/NC(=O)c2ccccc2Br)c1. The van der Waals surface area contributed by atoms with Crippen molar-refractivity contribution in [3.63, 3.8) is 0 Å². The lowest BCUT2D eigenvalue weighted by Crippen LogP contribution is -2.18. The molecule has 0 unspecified atom stereocenters. The van der Waals surface area contributed by atoms with Gasteiger partial charge >= 0.3 is 0 Å². The first kappa shape index (κ1) is 15.3. The first-order valence-corrected chi connectivity index (χ1v) is 7.31. The summed E-state index contributed by atoms with van der Waals surface area (Å²) in [6.07, 6.45) is 1.58. The van der Waals surface area contributed by atoms with Gasteiger partial charge in [-0.3, -0.25) is 4.79 Å². The van der Waals surface area contributed by atoms with E-state index in [0.29, 0.717) is 12.2 Å². The minimum absolute atomic E-state index is 0.264. The number of nitrogens with one attached hydrogen (secondary N) is 1. The van der Waals surface area contributed by atoms with Crippen LogP contribution in [0.1, 0.15) is 22.8 Å². The maximum atomic E-state index is 11.9. The van der Waals surface area contributed by atoms with Crippen LogP contribution in [0, 0.1) is 0 Å². The summed E-state index contributed by atoms with van der Waals surface area (Å²) in [5.41, 5.74) is 3.89. The average molecular weight is 347 g/mol. The zero-order chi connectivity index (χ0) is 15.1. The topological polar surface area (TPSA) is 50.7 Å². The fourth-order valence-electron chi connectivity index (χ4n) is 1.72. The van der Waals surface area contributed by atoms with Crippen LogP contribution in [0.4, 0.5) is 0 Å². The number of ether oxygens (including phenoxy) is 1. The van der Waals surface area contributed by atoms with Gasteiger partial charge in [-0.15, -0.1) is 0 Å². The summed E-state index contributed by atoms with van der Waals surface area (Å²) in [6, 6.07) is 14.7. The van der Waals surface area contributed by atoms with Crippen molar-refractivity contribution in [2.75, 3.05) is 6.61 Å². The highest BCUT2D eigenvalue weighted by atomic mass is 79.9.